The van der Waals surface area contributed by atoms with E-state index in [2.05, 4.69) is 16.7 Å². The van der Waals surface area contributed by atoms with Crippen molar-refractivity contribution >= 4 is 11.9 Å². The summed E-state index contributed by atoms with van der Waals surface area (Å²) in [7, 11) is 0. The third-order valence-corrected chi connectivity index (χ3v) is 10.7. The highest BCUT2D eigenvalue weighted by Gasteiger charge is 2.73. The van der Waals surface area contributed by atoms with E-state index in [1.807, 2.05) is 19.9 Å². The normalized spacial score (nSPS) is 29.3. The number of hydrogen-bond acceptors (Lipinski definition) is 6. The van der Waals surface area contributed by atoms with Crippen molar-refractivity contribution in [2.24, 2.45) is 11.8 Å². The fraction of sp³-hybridized carbons (Fsp3) is 0.556. The molecular weight excluding hydrogens is 597 g/mol. The molecule has 244 valence electrons. The molecule has 46 heavy (non-hydrogen) atoms. The highest BCUT2D eigenvalue weighted by molar-refractivity contribution is 5.94. The van der Waals surface area contributed by atoms with E-state index < -0.39 is 46.8 Å². The lowest BCUT2D eigenvalue weighted by Crippen LogP contribution is -2.78. The Morgan fingerprint density at radius 2 is 1.87 bits per heavy atom. The zero-order chi connectivity index (χ0) is 32.6. The van der Waals surface area contributed by atoms with Gasteiger partial charge in [-0.05, 0) is 92.8 Å². The number of aliphatic hydroxyl groups is 1. The summed E-state index contributed by atoms with van der Waals surface area (Å²) in [5.74, 6) is 6.09. The Morgan fingerprint density at radius 3 is 2.52 bits per heavy atom. The zero-order valence-electron chi connectivity index (χ0n) is 26.3. The predicted molar refractivity (Wildman–Crippen MR) is 163 cm³/mol. The predicted octanol–water partition coefficient (Wildman–Crippen LogP) is 5.10. The summed E-state index contributed by atoms with van der Waals surface area (Å²) in [4.78, 5) is 30.2. The molecule has 7 nitrogen and oxygen atoms in total. The van der Waals surface area contributed by atoms with Crippen LogP contribution in [0.3, 0.4) is 0 Å². The summed E-state index contributed by atoms with van der Waals surface area (Å²) < 4.78 is 51.6. The number of carbonyl (C=O) groups excluding carboxylic acids is 2. The molecule has 2 heterocycles. The van der Waals surface area contributed by atoms with Gasteiger partial charge in [0.2, 0.25) is 0 Å². The number of benzene rings is 2. The van der Waals surface area contributed by atoms with Crippen LogP contribution < -0.4 is 9.47 Å². The highest BCUT2D eigenvalue weighted by Crippen LogP contribution is 2.66. The van der Waals surface area contributed by atoms with E-state index >= 15 is 0 Å². The Balaban J connectivity index is 1.27. The first-order chi connectivity index (χ1) is 21.8. The maximum Gasteiger partial charge on any atom is 0.416 e. The van der Waals surface area contributed by atoms with Crippen molar-refractivity contribution in [1.82, 2.24) is 9.80 Å². The summed E-state index contributed by atoms with van der Waals surface area (Å²) in [6.45, 7) is 7.50. The number of hydrogen-bond donors (Lipinski definition) is 1. The van der Waals surface area contributed by atoms with Gasteiger partial charge in [-0.1, -0.05) is 25.8 Å². The molecule has 1 spiro atoms. The van der Waals surface area contributed by atoms with Gasteiger partial charge in [-0.25, -0.2) is 0 Å². The van der Waals surface area contributed by atoms with Gasteiger partial charge in [0.05, 0.1) is 22.6 Å². The monoisotopic (exact) mass is 636 g/mol. The summed E-state index contributed by atoms with van der Waals surface area (Å²) in [5, 5.41) is 12.9. The number of amides is 1. The van der Waals surface area contributed by atoms with Crippen molar-refractivity contribution in [3.8, 4) is 23.3 Å². The van der Waals surface area contributed by atoms with E-state index in [0.717, 1.165) is 36.3 Å². The molecule has 1 N–H and O–H groups in total. The maximum absolute atomic E-state index is 13.9. The molecule has 5 aliphatic rings. The fourth-order valence-corrected chi connectivity index (χ4v) is 8.70. The maximum atomic E-state index is 13.9. The van der Waals surface area contributed by atoms with Crippen molar-refractivity contribution in [3.63, 3.8) is 0 Å². The molecule has 2 bridgehead atoms. The first kappa shape index (κ1) is 31.1. The minimum atomic E-state index is -4.46. The number of nitrogens with zero attached hydrogens (tertiary/aromatic N) is 2. The molecular formula is C36H39F3N2O5. The molecule has 7 rings (SSSR count). The third kappa shape index (κ3) is 4.98. The highest BCUT2D eigenvalue weighted by atomic mass is 19.4. The number of likely N-dealkylation sites (tertiary alicyclic amines) is 1. The molecule has 2 saturated carbocycles. The van der Waals surface area contributed by atoms with Crippen molar-refractivity contribution in [2.75, 3.05) is 19.6 Å². The van der Waals surface area contributed by atoms with Crippen molar-refractivity contribution in [3.05, 3.63) is 58.7 Å². The van der Waals surface area contributed by atoms with E-state index in [4.69, 9.17) is 9.47 Å². The molecule has 5 atom stereocenters. The van der Waals surface area contributed by atoms with Crippen LogP contribution in [0.5, 0.6) is 11.5 Å². The number of rotatable bonds is 6. The Kier molecular flexibility index (Phi) is 7.44. The van der Waals surface area contributed by atoms with Gasteiger partial charge >= 0.3 is 12.1 Å². The average Bonchev–Trinajstić information content (AvgIpc) is 3.74. The smallest absolute Gasteiger partial charge is 0.416 e. The lowest BCUT2D eigenvalue weighted by molar-refractivity contribution is -0.201. The third-order valence-electron chi connectivity index (χ3n) is 10.7. The first-order valence-corrected chi connectivity index (χ1v) is 16.3. The van der Waals surface area contributed by atoms with Gasteiger partial charge in [0, 0.05) is 43.1 Å². The summed E-state index contributed by atoms with van der Waals surface area (Å²) in [5.41, 5.74) is -0.408. The van der Waals surface area contributed by atoms with Crippen LogP contribution in [0.4, 0.5) is 13.2 Å². The van der Waals surface area contributed by atoms with Crippen LogP contribution in [0.1, 0.15) is 75.1 Å². The molecule has 0 radical (unpaired) electrons. The van der Waals surface area contributed by atoms with Gasteiger partial charge in [-0.2, -0.15) is 13.2 Å². The molecule has 2 aromatic carbocycles. The number of piperidine rings is 1. The van der Waals surface area contributed by atoms with Crippen molar-refractivity contribution in [2.45, 2.75) is 94.7 Å². The van der Waals surface area contributed by atoms with Crippen molar-refractivity contribution < 1.29 is 37.3 Å². The molecule has 0 unspecified atom stereocenters. The molecule has 1 amide bonds. The van der Waals surface area contributed by atoms with Crippen LogP contribution in [0.2, 0.25) is 0 Å². The molecule has 2 aromatic rings. The van der Waals surface area contributed by atoms with Crippen LogP contribution in [-0.4, -0.2) is 70.2 Å². The first-order valence-electron chi connectivity index (χ1n) is 16.3. The Bertz CT molecular complexity index is 1620. The van der Waals surface area contributed by atoms with Crippen molar-refractivity contribution in [1.29, 1.82) is 0 Å². The lowest BCUT2D eigenvalue weighted by atomic mass is 9.48. The number of carbonyl (C=O) groups is 2. The minimum Gasteiger partial charge on any atom is -0.483 e. The molecule has 0 aromatic heterocycles. The number of halogens is 3. The van der Waals surface area contributed by atoms with Gasteiger partial charge in [0.1, 0.15) is 6.10 Å². The van der Waals surface area contributed by atoms with Crippen LogP contribution in [0, 0.1) is 23.7 Å². The second kappa shape index (κ2) is 11.0. The minimum absolute atomic E-state index is 0.0885. The summed E-state index contributed by atoms with van der Waals surface area (Å²) in [6.07, 6.45) is -0.367. The second-order valence-corrected chi connectivity index (χ2v) is 14.1. The van der Waals surface area contributed by atoms with E-state index in [1.54, 1.807) is 11.0 Å². The summed E-state index contributed by atoms with van der Waals surface area (Å²) in [6, 6.07) is 7.68. The van der Waals surface area contributed by atoms with Crippen LogP contribution in [0.25, 0.3) is 0 Å². The van der Waals surface area contributed by atoms with Crippen LogP contribution in [-0.2, 0) is 27.6 Å². The van der Waals surface area contributed by atoms with Gasteiger partial charge in [-0.15, -0.1) is 0 Å². The van der Waals surface area contributed by atoms with Gasteiger partial charge in [0.15, 0.2) is 11.5 Å². The van der Waals surface area contributed by atoms with Crippen LogP contribution in [0.15, 0.2) is 36.4 Å². The number of alkyl halides is 3. The van der Waals surface area contributed by atoms with Crippen LogP contribution >= 0.6 is 0 Å². The molecule has 3 fully saturated rings. The lowest BCUT2D eigenvalue weighted by Gasteiger charge is -2.64. The topological polar surface area (TPSA) is 79.3 Å². The van der Waals surface area contributed by atoms with Gasteiger partial charge in [-0.3, -0.25) is 14.5 Å². The zero-order valence-corrected chi connectivity index (χ0v) is 26.3. The Labute approximate surface area is 267 Å². The van der Waals surface area contributed by atoms with E-state index in [1.165, 1.54) is 31.9 Å². The Morgan fingerprint density at radius 1 is 1.13 bits per heavy atom. The van der Waals surface area contributed by atoms with E-state index in [0.29, 0.717) is 55.2 Å². The average molecular weight is 637 g/mol. The number of esters is 1. The number of ether oxygens (including phenoxy) is 2. The molecule has 1 saturated heterocycles. The quantitative estimate of drug-likeness (QED) is 0.270. The fourth-order valence-electron chi connectivity index (χ4n) is 8.70. The summed E-state index contributed by atoms with van der Waals surface area (Å²) >= 11 is 0. The molecule has 3 aliphatic carbocycles. The van der Waals surface area contributed by atoms with Gasteiger partial charge in [0.25, 0.3) is 5.91 Å². The van der Waals surface area contributed by atoms with E-state index in [9.17, 15) is 27.9 Å². The SMILES string of the molecule is CC(=O)Oc1ccc2c3c1O[C@H]1[C@H](N(CC(C)C)C(=O)C#Cc4ccc(C(F)(F)F)cc4)CC[C@@]4(O)[C@@H](C2)N(CC2CC2)CC[C@]314. The standard InChI is InChI=1S/C36H39F3N2O5/c1-21(2)19-41(30(43)13-8-23-6-10-26(11-7-23)36(37,38)39)27-14-15-35(44)29-18-25-9-12-28(45-22(3)42)32-31(25)34(35,33(27)46-32)16-17-40(29)20-24-4-5-24/h6-7,9-12,21,24,27,29,33,44H,4-5,14-20H2,1-3H3/t27-,29-,33+,34+,35-/m1/s1. The molecule has 2 aliphatic heterocycles. The largest absolute Gasteiger partial charge is 0.483 e. The molecule has 10 heteroatoms. The van der Waals surface area contributed by atoms with E-state index in [-0.39, 0.29) is 12.0 Å². The second-order valence-electron chi connectivity index (χ2n) is 14.1. The van der Waals surface area contributed by atoms with Gasteiger partial charge < -0.3 is 19.5 Å². The Hall–Kier alpha value is -3.55.